The highest BCUT2D eigenvalue weighted by molar-refractivity contribution is 7.27. The summed E-state index contributed by atoms with van der Waals surface area (Å²) < 4.78 is 7.28. The first-order valence-electron chi connectivity index (χ1n) is 18.6. The summed E-state index contributed by atoms with van der Waals surface area (Å²) in [5.74, 6) is 0. The van der Waals surface area contributed by atoms with Crippen LogP contribution in [0.3, 0.4) is 0 Å². The van der Waals surface area contributed by atoms with Gasteiger partial charge in [-0.15, -0.1) is 22.7 Å². The Morgan fingerprint density at radius 2 is 1.11 bits per heavy atom. The third-order valence-corrected chi connectivity index (χ3v) is 13.7. The third kappa shape index (κ3) is 4.69. The van der Waals surface area contributed by atoms with Gasteiger partial charge in [-0.3, -0.25) is 0 Å². The minimum Gasteiger partial charge on any atom is -0.309 e. The summed E-state index contributed by atoms with van der Waals surface area (Å²) in [5, 5.41) is 9.06. The average molecular weight is 770 g/mol. The first-order valence-corrected chi connectivity index (χ1v) is 20.6. The van der Waals surface area contributed by atoms with Crippen LogP contribution in [0.4, 0.5) is 0 Å². The van der Waals surface area contributed by atoms with E-state index in [1.807, 2.05) is 11.3 Å². The molecule has 0 fully saturated rings. The lowest BCUT2D eigenvalue weighted by Crippen LogP contribution is -1.95. The van der Waals surface area contributed by atoms with E-state index in [9.17, 15) is 0 Å². The second-order valence-corrected chi connectivity index (χ2v) is 16.6. The van der Waals surface area contributed by atoms with Gasteiger partial charge in [0.1, 0.15) is 0 Å². The Morgan fingerprint density at radius 3 is 1.89 bits per heavy atom. The molecule has 0 unspecified atom stereocenters. The van der Waals surface area contributed by atoms with Crippen LogP contribution in [0, 0.1) is 0 Å². The second-order valence-electron chi connectivity index (χ2n) is 14.2. The van der Waals surface area contributed by atoms with Crippen LogP contribution < -0.4 is 0 Å². The standard InChI is InChI=1S/C50H28ClN3S2/c51-50-52-44(49-45(53-50)39-28-32(29-13-3-1-4-14-29)27-38(47(39)56-49)30-15-5-2-6-16-30)31-23-25-33(26-24-31)54-40-21-11-9-19-36(40)43-46(54)35-18-8-7-17-34(35)42-37-20-10-12-22-41(37)55-48(42)43/h1-28H. The monoisotopic (exact) mass is 769 g/mol. The number of para-hydroxylation sites is 1. The van der Waals surface area contributed by atoms with Crippen molar-refractivity contribution in [2.24, 2.45) is 0 Å². The predicted molar refractivity (Wildman–Crippen MR) is 241 cm³/mol. The van der Waals surface area contributed by atoms with Gasteiger partial charge in [-0.05, 0) is 70.1 Å². The molecule has 8 aromatic carbocycles. The molecule has 56 heavy (non-hydrogen) atoms. The van der Waals surface area contributed by atoms with Crippen LogP contribution >= 0.6 is 34.3 Å². The maximum absolute atomic E-state index is 6.80. The van der Waals surface area contributed by atoms with Crippen molar-refractivity contribution in [1.29, 1.82) is 0 Å². The van der Waals surface area contributed by atoms with E-state index in [0.29, 0.717) is 0 Å². The maximum Gasteiger partial charge on any atom is 0.223 e. The molecule has 0 atom stereocenters. The minimum atomic E-state index is 0.240. The Hall–Kier alpha value is -6.37. The van der Waals surface area contributed by atoms with Gasteiger partial charge in [0.25, 0.3) is 0 Å². The molecule has 0 N–H and O–H groups in total. The average Bonchev–Trinajstić information content (AvgIpc) is 3.94. The quantitative estimate of drug-likeness (QED) is 0.167. The SMILES string of the molecule is Clc1nc(-c2ccc(-n3c4ccccc4c4c5sc6ccccc6c5c5ccccc5c43)cc2)c2sc3c(-c4ccccc4)cc(-c4ccccc4)cc3c2n1. The van der Waals surface area contributed by atoms with Gasteiger partial charge in [-0.25, -0.2) is 9.97 Å². The van der Waals surface area contributed by atoms with Crippen molar-refractivity contribution >= 4 is 107 Å². The summed E-state index contributed by atoms with van der Waals surface area (Å²) in [5.41, 5.74) is 10.9. The number of halogens is 1. The zero-order valence-corrected chi connectivity index (χ0v) is 32.1. The van der Waals surface area contributed by atoms with Gasteiger partial charge in [-0.1, -0.05) is 133 Å². The molecule has 262 valence electrons. The highest BCUT2D eigenvalue weighted by Crippen LogP contribution is 2.49. The maximum atomic E-state index is 6.80. The van der Waals surface area contributed by atoms with Gasteiger partial charge in [0.2, 0.25) is 5.28 Å². The predicted octanol–water partition coefficient (Wildman–Crippen LogP) is 15.1. The summed E-state index contributed by atoms with van der Waals surface area (Å²) in [6.07, 6.45) is 0. The minimum absolute atomic E-state index is 0.240. The van der Waals surface area contributed by atoms with E-state index in [4.69, 9.17) is 21.6 Å². The lowest BCUT2D eigenvalue weighted by molar-refractivity contribution is 1.18. The highest BCUT2D eigenvalue weighted by Gasteiger charge is 2.23. The Bertz CT molecular complexity index is 3530. The molecule has 0 bridgehead atoms. The molecule has 0 aliphatic heterocycles. The summed E-state index contributed by atoms with van der Waals surface area (Å²) in [7, 11) is 0. The number of nitrogens with zero attached hydrogens (tertiary/aromatic N) is 3. The van der Waals surface area contributed by atoms with Crippen LogP contribution in [-0.2, 0) is 0 Å². The number of hydrogen-bond acceptors (Lipinski definition) is 4. The van der Waals surface area contributed by atoms with Crippen molar-refractivity contribution < 1.29 is 0 Å². The number of rotatable bonds is 4. The lowest BCUT2D eigenvalue weighted by atomic mass is 9.96. The van der Waals surface area contributed by atoms with Crippen molar-refractivity contribution in [3.63, 3.8) is 0 Å². The van der Waals surface area contributed by atoms with Gasteiger partial charge < -0.3 is 4.57 Å². The fraction of sp³-hybridized carbons (Fsp3) is 0. The number of fused-ring (bicyclic) bond motifs is 13. The van der Waals surface area contributed by atoms with E-state index < -0.39 is 0 Å². The Balaban J connectivity index is 1.09. The zero-order chi connectivity index (χ0) is 36.9. The van der Waals surface area contributed by atoms with Crippen molar-refractivity contribution in [1.82, 2.24) is 14.5 Å². The largest absolute Gasteiger partial charge is 0.309 e. The van der Waals surface area contributed by atoms with Gasteiger partial charge in [0.05, 0.1) is 26.9 Å². The van der Waals surface area contributed by atoms with E-state index in [2.05, 4.69) is 174 Å². The fourth-order valence-corrected chi connectivity index (χ4v) is 11.4. The summed E-state index contributed by atoms with van der Waals surface area (Å²) in [6, 6.07) is 61.0. The van der Waals surface area contributed by atoms with Crippen LogP contribution in [0.1, 0.15) is 0 Å². The van der Waals surface area contributed by atoms with Crippen molar-refractivity contribution in [3.8, 4) is 39.2 Å². The first kappa shape index (κ1) is 31.9. The Morgan fingerprint density at radius 1 is 0.446 bits per heavy atom. The van der Waals surface area contributed by atoms with E-state index in [1.165, 1.54) is 68.6 Å². The fourth-order valence-electron chi connectivity index (χ4n) is 8.70. The van der Waals surface area contributed by atoms with Crippen LogP contribution in [0.15, 0.2) is 170 Å². The Kier molecular flexibility index (Phi) is 7.02. The van der Waals surface area contributed by atoms with Crippen molar-refractivity contribution in [2.45, 2.75) is 0 Å². The molecule has 12 aromatic rings. The van der Waals surface area contributed by atoms with Crippen LogP contribution in [0.25, 0.3) is 112 Å². The third-order valence-electron chi connectivity index (χ3n) is 11.1. The molecule has 4 heterocycles. The molecule has 6 heteroatoms. The molecular formula is C50H28ClN3S2. The van der Waals surface area contributed by atoms with Crippen LogP contribution in [-0.4, -0.2) is 14.5 Å². The van der Waals surface area contributed by atoms with Crippen molar-refractivity contribution in [3.05, 3.63) is 175 Å². The van der Waals surface area contributed by atoms with Gasteiger partial charge in [0, 0.05) is 63.2 Å². The van der Waals surface area contributed by atoms with Crippen LogP contribution in [0.5, 0.6) is 0 Å². The van der Waals surface area contributed by atoms with E-state index in [1.54, 1.807) is 11.3 Å². The molecule has 0 radical (unpaired) electrons. The molecule has 0 saturated heterocycles. The van der Waals surface area contributed by atoms with E-state index in [-0.39, 0.29) is 5.28 Å². The van der Waals surface area contributed by atoms with Gasteiger partial charge in [0.15, 0.2) is 0 Å². The van der Waals surface area contributed by atoms with Crippen molar-refractivity contribution in [2.75, 3.05) is 0 Å². The Labute approximate surface area is 334 Å². The topological polar surface area (TPSA) is 30.7 Å². The molecule has 0 amide bonds. The van der Waals surface area contributed by atoms with Crippen LogP contribution in [0.2, 0.25) is 5.28 Å². The number of benzene rings is 8. The molecule has 3 nitrogen and oxygen atoms in total. The van der Waals surface area contributed by atoms with E-state index in [0.717, 1.165) is 43.7 Å². The zero-order valence-electron chi connectivity index (χ0n) is 29.7. The molecule has 0 saturated carbocycles. The van der Waals surface area contributed by atoms with Gasteiger partial charge >= 0.3 is 0 Å². The highest BCUT2D eigenvalue weighted by atomic mass is 35.5. The summed E-state index contributed by atoms with van der Waals surface area (Å²) >= 11 is 10.4. The molecule has 4 aromatic heterocycles. The number of hydrogen-bond donors (Lipinski definition) is 0. The lowest BCUT2D eigenvalue weighted by Gasteiger charge is -2.12. The molecule has 0 aliphatic carbocycles. The molecule has 0 aliphatic rings. The second kappa shape index (κ2) is 12.3. The summed E-state index contributed by atoms with van der Waals surface area (Å²) in [4.78, 5) is 9.77. The molecule has 12 rings (SSSR count). The number of aromatic nitrogens is 3. The van der Waals surface area contributed by atoms with Gasteiger partial charge in [-0.2, -0.15) is 0 Å². The number of thiophene rings is 2. The summed E-state index contributed by atoms with van der Waals surface area (Å²) in [6.45, 7) is 0. The molecular weight excluding hydrogens is 742 g/mol. The smallest absolute Gasteiger partial charge is 0.223 e. The first-order chi connectivity index (χ1) is 27.7. The molecule has 0 spiro atoms. The van der Waals surface area contributed by atoms with E-state index >= 15 is 0 Å². The normalized spacial score (nSPS) is 12.0.